The first-order chi connectivity index (χ1) is 15.8. The van der Waals surface area contributed by atoms with E-state index in [0.29, 0.717) is 27.4 Å². The molecule has 0 radical (unpaired) electrons. The summed E-state index contributed by atoms with van der Waals surface area (Å²) in [4.78, 5) is 39.6. The van der Waals surface area contributed by atoms with Crippen LogP contribution in [0.5, 0.6) is 5.75 Å². The molecule has 10 heteroatoms. The number of amides is 2. The lowest BCUT2D eigenvalue weighted by Gasteiger charge is -2.23. The lowest BCUT2D eigenvalue weighted by molar-refractivity contribution is -0.132. The van der Waals surface area contributed by atoms with Crippen molar-refractivity contribution in [3.05, 3.63) is 75.8 Å². The van der Waals surface area contributed by atoms with Gasteiger partial charge in [0.05, 0.1) is 18.7 Å². The molecule has 1 aliphatic rings. The summed E-state index contributed by atoms with van der Waals surface area (Å²) in [5, 5.41) is 22.5. The van der Waals surface area contributed by atoms with E-state index in [1.54, 1.807) is 55.5 Å². The Labute approximate surface area is 193 Å². The molecule has 1 saturated heterocycles. The minimum absolute atomic E-state index is 0.105. The first kappa shape index (κ1) is 22.2. The number of aliphatic hydroxyl groups is 1. The molecule has 0 aliphatic carbocycles. The van der Waals surface area contributed by atoms with Gasteiger partial charge in [0.2, 0.25) is 5.13 Å². The normalized spacial score (nSPS) is 17.3. The molecule has 1 fully saturated rings. The van der Waals surface area contributed by atoms with Crippen LogP contribution in [0.4, 0.5) is 5.13 Å². The molecule has 0 spiro atoms. The third-order valence-corrected chi connectivity index (χ3v) is 6.06. The van der Waals surface area contributed by atoms with Gasteiger partial charge in [0.15, 0.2) is 0 Å². The Kier molecular flexibility index (Phi) is 5.93. The van der Waals surface area contributed by atoms with Crippen molar-refractivity contribution in [3.8, 4) is 5.75 Å². The maximum atomic E-state index is 13.1. The zero-order chi connectivity index (χ0) is 23.7. The number of hydrogen-bond acceptors (Lipinski definition) is 8. The van der Waals surface area contributed by atoms with Crippen molar-refractivity contribution in [2.75, 3.05) is 19.1 Å². The fourth-order valence-corrected chi connectivity index (χ4v) is 4.34. The summed E-state index contributed by atoms with van der Waals surface area (Å²) < 4.78 is 5.15. The Hall–Kier alpha value is -4.05. The van der Waals surface area contributed by atoms with Crippen molar-refractivity contribution < 1.29 is 24.2 Å². The average molecular weight is 465 g/mol. The van der Waals surface area contributed by atoms with Gasteiger partial charge in [-0.05, 0) is 48.9 Å². The molecular formula is C23H20N4O5S. The van der Waals surface area contributed by atoms with E-state index in [1.807, 2.05) is 0 Å². The Balaban J connectivity index is 1.93. The van der Waals surface area contributed by atoms with Crippen LogP contribution in [-0.4, -0.2) is 47.1 Å². The number of carbonyl (C=O) groups is 3. The summed E-state index contributed by atoms with van der Waals surface area (Å²) in [5.41, 5.74) is 1.05. The predicted molar refractivity (Wildman–Crippen MR) is 122 cm³/mol. The first-order valence-electron chi connectivity index (χ1n) is 9.93. The van der Waals surface area contributed by atoms with Crippen molar-refractivity contribution >= 4 is 39.8 Å². The van der Waals surface area contributed by atoms with Crippen LogP contribution in [0.3, 0.4) is 0 Å². The number of hydrogen-bond donors (Lipinski definition) is 2. The number of methoxy groups -OCH3 is 1. The lowest BCUT2D eigenvalue weighted by Crippen LogP contribution is -2.29. The molecule has 1 unspecified atom stereocenters. The Morgan fingerprint density at radius 3 is 2.45 bits per heavy atom. The summed E-state index contributed by atoms with van der Waals surface area (Å²) >= 11 is 1.15. The highest BCUT2D eigenvalue weighted by Crippen LogP contribution is 2.43. The van der Waals surface area contributed by atoms with E-state index in [9.17, 15) is 19.5 Å². The zero-order valence-corrected chi connectivity index (χ0v) is 18.8. The molecule has 1 aliphatic heterocycles. The number of nitrogens with one attached hydrogen (secondary N) is 1. The molecular weight excluding hydrogens is 444 g/mol. The Morgan fingerprint density at radius 1 is 1.12 bits per heavy atom. The molecule has 2 heterocycles. The monoisotopic (exact) mass is 464 g/mol. The highest BCUT2D eigenvalue weighted by Gasteiger charge is 2.48. The van der Waals surface area contributed by atoms with Crippen molar-refractivity contribution in [1.29, 1.82) is 0 Å². The Bertz CT molecular complexity index is 1280. The van der Waals surface area contributed by atoms with E-state index in [-0.39, 0.29) is 22.4 Å². The predicted octanol–water partition coefficient (Wildman–Crippen LogP) is 2.84. The third kappa shape index (κ3) is 3.96. The van der Waals surface area contributed by atoms with Crippen molar-refractivity contribution in [2.24, 2.45) is 0 Å². The minimum atomic E-state index is -0.996. The second-order valence-electron chi connectivity index (χ2n) is 7.21. The Morgan fingerprint density at radius 2 is 1.85 bits per heavy atom. The van der Waals surface area contributed by atoms with Gasteiger partial charge in [-0.3, -0.25) is 19.3 Å². The molecule has 2 amide bonds. The number of benzene rings is 2. The van der Waals surface area contributed by atoms with Crippen LogP contribution in [0.2, 0.25) is 0 Å². The molecule has 1 aromatic heterocycles. The number of rotatable bonds is 5. The fourth-order valence-electron chi connectivity index (χ4n) is 3.63. The number of ketones is 1. The number of carbonyl (C=O) groups excluding carboxylic acids is 3. The summed E-state index contributed by atoms with van der Waals surface area (Å²) in [5.74, 6) is -1.78. The smallest absolute Gasteiger partial charge is 0.301 e. The van der Waals surface area contributed by atoms with Crippen molar-refractivity contribution in [2.45, 2.75) is 13.0 Å². The van der Waals surface area contributed by atoms with Crippen LogP contribution >= 0.6 is 11.3 Å². The molecule has 33 heavy (non-hydrogen) atoms. The number of ether oxygens (including phenoxy) is 1. The van der Waals surface area contributed by atoms with E-state index in [2.05, 4.69) is 15.5 Å². The molecule has 0 saturated carbocycles. The number of nitrogens with zero attached hydrogens (tertiary/aromatic N) is 3. The van der Waals surface area contributed by atoms with Crippen LogP contribution in [-0.2, 0) is 9.59 Å². The SMILES string of the molecule is CNC(=O)c1cccc(C2/C(=C(\O)c3ccc(OC)cc3)C(=O)C(=O)N2c2nnc(C)s2)c1. The van der Waals surface area contributed by atoms with Crippen molar-refractivity contribution in [1.82, 2.24) is 15.5 Å². The fraction of sp³-hybridized carbons (Fsp3) is 0.174. The zero-order valence-electron chi connectivity index (χ0n) is 18.0. The van der Waals surface area contributed by atoms with E-state index in [1.165, 1.54) is 19.1 Å². The second kappa shape index (κ2) is 8.83. The topological polar surface area (TPSA) is 122 Å². The minimum Gasteiger partial charge on any atom is -0.507 e. The highest BCUT2D eigenvalue weighted by atomic mass is 32.1. The summed E-state index contributed by atoms with van der Waals surface area (Å²) in [6.07, 6.45) is 0. The molecule has 0 bridgehead atoms. The van der Waals surface area contributed by atoms with Gasteiger partial charge in [0.25, 0.3) is 11.7 Å². The maximum Gasteiger partial charge on any atom is 0.301 e. The quantitative estimate of drug-likeness (QED) is 0.338. The number of Topliss-reactive ketones (excluding diaryl/α,β-unsaturated/α-hetero) is 1. The van der Waals surface area contributed by atoms with Gasteiger partial charge >= 0.3 is 5.91 Å². The highest BCUT2D eigenvalue weighted by molar-refractivity contribution is 7.15. The van der Waals surface area contributed by atoms with Gasteiger partial charge in [0.1, 0.15) is 16.5 Å². The first-order valence-corrected chi connectivity index (χ1v) is 10.7. The van der Waals surface area contributed by atoms with Crippen LogP contribution in [0.1, 0.15) is 32.5 Å². The number of aromatic nitrogens is 2. The molecule has 4 rings (SSSR count). The third-order valence-electron chi connectivity index (χ3n) is 5.22. The average Bonchev–Trinajstić information content (AvgIpc) is 3.38. The van der Waals surface area contributed by atoms with E-state index >= 15 is 0 Å². The largest absolute Gasteiger partial charge is 0.507 e. The molecule has 168 valence electrons. The summed E-state index contributed by atoms with van der Waals surface area (Å²) in [6, 6.07) is 12.0. The molecule has 3 aromatic rings. The van der Waals surface area contributed by atoms with Crippen LogP contribution in [0, 0.1) is 6.92 Å². The summed E-state index contributed by atoms with van der Waals surface area (Å²) in [6.45, 7) is 1.73. The van der Waals surface area contributed by atoms with Crippen LogP contribution in [0.25, 0.3) is 5.76 Å². The maximum absolute atomic E-state index is 13.1. The van der Waals surface area contributed by atoms with Gasteiger partial charge < -0.3 is 15.2 Å². The standard InChI is InChI=1S/C23H20N4O5S/c1-12-25-26-23(33-12)27-18(14-5-4-6-15(11-14)21(30)24-2)17(20(29)22(27)31)19(28)13-7-9-16(32-3)10-8-13/h4-11,18,28H,1-3H3,(H,24,30)/b19-17+. The number of anilines is 1. The van der Waals surface area contributed by atoms with E-state index in [4.69, 9.17) is 4.74 Å². The van der Waals surface area contributed by atoms with Gasteiger partial charge in [0, 0.05) is 18.2 Å². The number of aryl methyl sites for hydroxylation is 1. The van der Waals surface area contributed by atoms with E-state index in [0.717, 1.165) is 11.3 Å². The van der Waals surface area contributed by atoms with Crippen LogP contribution < -0.4 is 15.0 Å². The van der Waals surface area contributed by atoms with E-state index < -0.39 is 17.7 Å². The second-order valence-corrected chi connectivity index (χ2v) is 8.37. The number of aliphatic hydroxyl groups excluding tert-OH is 1. The van der Waals surface area contributed by atoms with Crippen LogP contribution in [0.15, 0.2) is 54.1 Å². The molecule has 1 atom stereocenters. The van der Waals surface area contributed by atoms with Gasteiger partial charge in [-0.1, -0.05) is 23.5 Å². The molecule has 9 nitrogen and oxygen atoms in total. The lowest BCUT2D eigenvalue weighted by atomic mass is 9.94. The summed E-state index contributed by atoms with van der Waals surface area (Å²) in [7, 11) is 3.03. The van der Waals surface area contributed by atoms with Gasteiger partial charge in [-0.15, -0.1) is 10.2 Å². The van der Waals surface area contributed by atoms with Crippen molar-refractivity contribution in [3.63, 3.8) is 0 Å². The molecule has 2 N–H and O–H groups in total. The van der Waals surface area contributed by atoms with Gasteiger partial charge in [-0.25, -0.2) is 0 Å². The van der Waals surface area contributed by atoms with Gasteiger partial charge in [-0.2, -0.15) is 0 Å². The molecule has 2 aromatic carbocycles.